The van der Waals surface area contributed by atoms with Gasteiger partial charge in [-0.3, -0.25) is 4.79 Å². The molecule has 1 N–H and O–H groups in total. The van der Waals surface area contributed by atoms with E-state index in [4.69, 9.17) is 11.6 Å². The summed E-state index contributed by atoms with van der Waals surface area (Å²) in [5.41, 5.74) is 3.08. The predicted molar refractivity (Wildman–Crippen MR) is 104 cm³/mol. The summed E-state index contributed by atoms with van der Waals surface area (Å²) in [7, 11) is 0. The highest BCUT2D eigenvalue weighted by molar-refractivity contribution is 7.13. The fourth-order valence-electron chi connectivity index (χ4n) is 2.49. The van der Waals surface area contributed by atoms with Crippen LogP contribution in [0.3, 0.4) is 0 Å². The summed E-state index contributed by atoms with van der Waals surface area (Å²) in [6.07, 6.45) is 1.70. The van der Waals surface area contributed by atoms with E-state index >= 15 is 0 Å². The van der Waals surface area contributed by atoms with Gasteiger partial charge in [-0.1, -0.05) is 29.8 Å². The lowest BCUT2D eigenvalue weighted by Gasteiger charge is -2.05. The van der Waals surface area contributed by atoms with Crippen LogP contribution in [0.15, 0.2) is 60.2 Å². The molecule has 134 valence electrons. The lowest BCUT2D eigenvalue weighted by molar-refractivity contribution is -0.115. The Morgan fingerprint density at radius 1 is 1.15 bits per heavy atom. The summed E-state index contributed by atoms with van der Waals surface area (Å²) >= 11 is 7.67. The molecule has 0 bridgehead atoms. The van der Waals surface area contributed by atoms with Crippen molar-refractivity contribution in [2.75, 3.05) is 5.32 Å². The lowest BCUT2D eigenvalue weighted by Crippen LogP contribution is -2.14. The summed E-state index contributed by atoms with van der Waals surface area (Å²) in [5, 5.41) is 17.2. The number of thiazole rings is 1. The first-order valence-corrected chi connectivity index (χ1v) is 9.27. The minimum atomic E-state index is -0.138. The van der Waals surface area contributed by atoms with Crippen molar-refractivity contribution in [3.63, 3.8) is 0 Å². The smallest absolute Gasteiger partial charge is 0.230 e. The van der Waals surface area contributed by atoms with E-state index in [0.29, 0.717) is 16.4 Å². The summed E-state index contributed by atoms with van der Waals surface area (Å²) < 4.78 is 1.54. The average molecular weight is 397 g/mol. The lowest BCUT2D eigenvalue weighted by atomic mass is 10.2. The van der Waals surface area contributed by atoms with Crippen LogP contribution in [0.2, 0.25) is 5.02 Å². The zero-order valence-electron chi connectivity index (χ0n) is 13.9. The van der Waals surface area contributed by atoms with Crippen LogP contribution >= 0.6 is 22.9 Å². The van der Waals surface area contributed by atoms with Crippen molar-refractivity contribution >= 4 is 34.5 Å². The van der Waals surface area contributed by atoms with Crippen molar-refractivity contribution in [2.24, 2.45) is 0 Å². The van der Waals surface area contributed by atoms with Crippen LogP contribution in [0.4, 0.5) is 5.69 Å². The molecule has 0 saturated carbocycles. The molecule has 2 aromatic carbocycles. The Morgan fingerprint density at radius 2 is 1.96 bits per heavy atom. The zero-order chi connectivity index (χ0) is 18.6. The first kappa shape index (κ1) is 17.3. The maximum Gasteiger partial charge on any atom is 0.230 e. The number of nitrogens with zero attached hydrogens (tertiary/aromatic N) is 5. The second-order valence-corrected chi connectivity index (χ2v) is 6.92. The first-order valence-electron chi connectivity index (χ1n) is 8.01. The van der Waals surface area contributed by atoms with E-state index in [1.54, 1.807) is 12.1 Å². The minimum Gasteiger partial charge on any atom is -0.326 e. The number of hydrogen-bond donors (Lipinski definition) is 1. The van der Waals surface area contributed by atoms with E-state index in [2.05, 4.69) is 25.8 Å². The molecule has 0 atom stereocenters. The minimum absolute atomic E-state index is 0.138. The van der Waals surface area contributed by atoms with E-state index in [0.717, 1.165) is 16.3 Å². The van der Waals surface area contributed by atoms with Gasteiger partial charge in [-0.2, -0.15) is 0 Å². The molecule has 0 aliphatic heterocycles. The SMILES string of the molecule is O=C(Cc1csc(-c2ccccc2Cl)n1)Nc1ccc(-n2cnnn2)cc1. The Labute approximate surface area is 163 Å². The Hall–Kier alpha value is -3.10. The van der Waals surface area contributed by atoms with Gasteiger partial charge in [0.05, 0.1) is 22.8 Å². The molecule has 0 fully saturated rings. The Bertz CT molecular complexity index is 1060. The van der Waals surface area contributed by atoms with Crippen molar-refractivity contribution in [1.82, 2.24) is 25.2 Å². The van der Waals surface area contributed by atoms with E-state index in [1.807, 2.05) is 41.8 Å². The molecule has 7 nitrogen and oxygen atoms in total. The predicted octanol–water partition coefficient (Wildman–Crippen LogP) is 3.62. The topological polar surface area (TPSA) is 85.6 Å². The number of aromatic nitrogens is 5. The van der Waals surface area contributed by atoms with E-state index < -0.39 is 0 Å². The normalized spacial score (nSPS) is 10.7. The number of tetrazole rings is 1. The monoisotopic (exact) mass is 396 g/mol. The Balaban J connectivity index is 1.41. The van der Waals surface area contributed by atoms with Gasteiger partial charge < -0.3 is 5.32 Å². The quantitative estimate of drug-likeness (QED) is 0.556. The van der Waals surface area contributed by atoms with Crippen LogP contribution in [-0.4, -0.2) is 31.1 Å². The molecule has 0 aliphatic rings. The van der Waals surface area contributed by atoms with E-state index in [1.165, 1.54) is 22.3 Å². The molecule has 0 aliphatic carbocycles. The van der Waals surface area contributed by atoms with Gasteiger partial charge in [0.1, 0.15) is 11.3 Å². The van der Waals surface area contributed by atoms with Crippen LogP contribution in [0.1, 0.15) is 5.69 Å². The maximum absolute atomic E-state index is 12.3. The van der Waals surface area contributed by atoms with Gasteiger partial charge in [-0.05, 0) is 40.8 Å². The van der Waals surface area contributed by atoms with Gasteiger partial charge in [-0.25, -0.2) is 9.67 Å². The summed E-state index contributed by atoms with van der Waals surface area (Å²) in [6.45, 7) is 0. The summed E-state index contributed by atoms with van der Waals surface area (Å²) in [4.78, 5) is 16.8. The van der Waals surface area contributed by atoms with Crippen LogP contribution in [0, 0.1) is 0 Å². The van der Waals surface area contributed by atoms with E-state index in [9.17, 15) is 4.79 Å². The standard InChI is InChI=1S/C18H13ClN6OS/c19-16-4-2-1-3-15(16)18-22-13(10-27-18)9-17(26)21-12-5-7-14(8-6-12)25-11-20-23-24-25/h1-8,10-11H,9H2,(H,21,26). The molecular weight excluding hydrogens is 384 g/mol. The number of carbonyl (C=O) groups excluding carboxylic acids is 1. The number of carbonyl (C=O) groups is 1. The highest BCUT2D eigenvalue weighted by atomic mass is 35.5. The van der Waals surface area contributed by atoms with Crippen molar-refractivity contribution in [3.8, 4) is 16.3 Å². The average Bonchev–Trinajstić information content (AvgIpc) is 3.35. The highest BCUT2D eigenvalue weighted by Crippen LogP contribution is 2.30. The van der Waals surface area contributed by atoms with Crippen molar-refractivity contribution in [1.29, 1.82) is 0 Å². The fourth-order valence-corrected chi connectivity index (χ4v) is 3.63. The second kappa shape index (κ2) is 7.65. The molecule has 0 unspecified atom stereocenters. The molecule has 9 heteroatoms. The molecular formula is C18H13ClN6OS. The summed E-state index contributed by atoms with van der Waals surface area (Å²) in [5.74, 6) is -0.138. The van der Waals surface area contributed by atoms with Gasteiger partial charge in [-0.15, -0.1) is 16.4 Å². The van der Waals surface area contributed by atoms with Gasteiger partial charge in [0.15, 0.2) is 0 Å². The van der Waals surface area contributed by atoms with Gasteiger partial charge >= 0.3 is 0 Å². The number of benzene rings is 2. The van der Waals surface area contributed by atoms with Crippen LogP contribution in [-0.2, 0) is 11.2 Å². The van der Waals surface area contributed by atoms with Gasteiger partial charge in [0, 0.05) is 16.6 Å². The van der Waals surface area contributed by atoms with Crippen molar-refractivity contribution in [3.05, 3.63) is 71.0 Å². The van der Waals surface area contributed by atoms with Crippen molar-refractivity contribution < 1.29 is 4.79 Å². The zero-order valence-corrected chi connectivity index (χ0v) is 15.5. The van der Waals surface area contributed by atoms with Gasteiger partial charge in [0.2, 0.25) is 5.91 Å². The molecule has 0 saturated heterocycles. The molecule has 0 spiro atoms. The van der Waals surface area contributed by atoms with E-state index in [-0.39, 0.29) is 12.3 Å². The third kappa shape index (κ3) is 4.02. The third-order valence-corrected chi connectivity index (χ3v) is 5.02. The first-order chi connectivity index (χ1) is 13.2. The summed E-state index contributed by atoms with van der Waals surface area (Å²) in [6, 6.07) is 14.8. The molecule has 4 aromatic rings. The molecule has 4 rings (SSSR count). The third-order valence-electron chi connectivity index (χ3n) is 3.76. The van der Waals surface area contributed by atoms with Crippen LogP contribution in [0.5, 0.6) is 0 Å². The Morgan fingerprint density at radius 3 is 2.70 bits per heavy atom. The molecule has 0 radical (unpaired) electrons. The number of hydrogen-bond acceptors (Lipinski definition) is 6. The molecule has 1 amide bonds. The molecule has 2 heterocycles. The van der Waals surface area contributed by atoms with Crippen molar-refractivity contribution in [2.45, 2.75) is 6.42 Å². The number of halogens is 1. The van der Waals surface area contributed by atoms with Gasteiger partial charge in [0.25, 0.3) is 0 Å². The number of anilines is 1. The number of nitrogens with one attached hydrogen (secondary N) is 1. The largest absolute Gasteiger partial charge is 0.326 e. The second-order valence-electron chi connectivity index (χ2n) is 5.65. The van der Waals surface area contributed by atoms with Crippen LogP contribution in [0.25, 0.3) is 16.3 Å². The maximum atomic E-state index is 12.3. The highest BCUT2D eigenvalue weighted by Gasteiger charge is 2.11. The molecule has 2 aromatic heterocycles. The number of amides is 1. The van der Waals surface area contributed by atoms with Crippen LogP contribution < -0.4 is 5.32 Å². The fraction of sp³-hybridized carbons (Fsp3) is 0.0556. The Kier molecular flexibility index (Phi) is 4.91. The number of rotatable bonds is 5. The molecule has 27 heavy (non-hydrogen) atoms.